The van der Waals surface area contributed by atoms with Gasteiger partial charge in [-0.1, -0.05) is 12.1 Å². The van der Waals surface area contributed by atoms with Gasteiger partial charge in [-0.25, -0.2) is 8.78 Å². The van der Waals surface area contributed by atoms with Crippen molar-refractivity contribution in [2.24, 2.45) is 5.73 Å². The highest BCUT2D eigenvalue weighted by Crippen LogP contribution is 2.29. The van der Waals surface area contributed by atoms with Crippen LogP contribution < -0.4 is 15.2 Å². The molecule has 0 aliphatic heterocycles. The van der Waals surface area contributed by atoms with Crippen LogP contribution in [0.2, 0.25) is 0 Å². The highest BCUT2D eigenvalue weighted by Gasteiger charge is 2.11. The lowest BCUT2D eigenvalue weighted by molar-refractivity contribution is 0.274. The lowest BCUT2D eigenvalue weighted by atomic mass is 10.2. The molecule has 20 heavy (non-hydrogen) atoms. The first kappa shape index (κ1) is 14.3. The minimum atomic E-state index is -0.637. The van der Waals surface area contributed by atoms with Gasteiger partial charge in [-0.2, -0.15) is 0 Å². The summed E-state index contributed by atoms with van der Waals surface area (Å²) in [4.78, 5) is 0. The molecular formula is C15H15F2NO2. The number of hydrogen-bond donors (Lipinski definition) is 1. The third-order valence-electron chi connectivity index (χ3n) is 2.90. The van der Waals surface area contributed by atoms with E-state index in [1.165, 1.54) is 25.3 Å². The largest absolute Gasteiger partial charge is 0.493 e. The Labute approximate surface area is 115 Å². The summed E-state index contributed by atoms with van der Waals surface area (Å²) in [6.45, 7) is 0.162. The maximum Gasteiger partial charge on any atom is 0.161 e. The van der Waals surface area contributed by atoms with Crippen LogP contribution in [0.4, 0.5) is 8.78 Å². The van der Waals surface area contributed by atoms with E-state index >= 15 is 0 Å². The highest BCUT2D eigenvalue weighted by molar-refractivity contribution is 5.43. The molecule has 0 bridgehead atoms. The SMILES string of the molecule is COc1cc(CN)ccc1OCc1c(F)cccc1F. The van der Waals surface area contributed by atoms with Crippen LogP contribution in [-0.2, 0) is 13.2 Å². The third kappa shape index (κ3) is 3.05. The average molecular weight is 279 g/mol. The van der Waals surface area contributed by atoms with Gasteiger partial charge in [0.2, 0.25) is 0 Å². The van der Waals surface area contributed by atoms with Crippen molar-refractivity contribution in [1.82, 2.24) is 0 Å². The molecule has 0 aliphatic rings. The first-order valence-corrected chi connectivity index (χ1v) is 6.08. The molecule has 3 nitrogen and oxygen atoms in total. The predicted molar refractivity (Wildman–Crippen MR) is 71.6 cm³/mol. The molecule has 0 aliphatic carbocycles. The van der Waals surface area contributed by atoms with Crippen LogP contribution in [0.25, 0.3) is 0 Å². The van der Waals surface area contributed by atoms with E-state index in [2.05, 4.69) is 0 Å². The molecule has 2 N–H and O–H groups in total. The van der Waals surface area contributed by atoms with E-state index in [-0.39, 0.29) is 12.2 Å². The number of methoxy groups -OCH3 is 1. The number of rotatable bonds is 5. The maximum atomic E-state index is 13.5. The third-order valence-corrected chi connectivity index (χ3v) is 2.90. The number of hydrogen-bond acceptors (Lipinski definition) is 3. The fourth-order valence-electron chi connectivity index (χ4n) is 1.78. The van der Waals surface area contributed by atoms with E-state index in [0.29, 0.717) is 18.0 Å². The van der Waals surface area contributed by atoms with Crippen LogP contribution in [-0.4, -0.2) is 7.11 Å². The maximum absolute atomic E-state index is 13.5. The second-order valence-corrected chi connectivity index (χ2v) is 4.18. The van der Waals surface area contributed by atoms with Crippen molar-refractivity contribution in [3.8, 4) is 11.5 Å². The Hall–Kier alpha value is -2.14. The summed E-state index contributed by atoms with van der Waals surface area (Å²) < 4.78 is 37.6. The summed E-state index contributed by atoms with van der Waals surface area (Å²) >= 11 is 0. The van der Waals surface area contributed by atoms with Gasteiger partial charge in [0.05, 0.1) is 12.7 Å². The molecule has 0 unspecified atom stereocenters. The van der Waals surface area contributed by atoms with Gasteiger partial charge in [0, 0.05) is 6.54 Å². The molecule has 0 fully saturated rings. The lowest BCUT2D eigenvalue weighted by Gasteiger charge is -2.12. The van der Waals surface area contributed by atoms with Gasteiger partial charge >= 0.3 is 0 Å². The van der Waals surface area contributed by atoms with E-state index in [0.717, 1.165) is 5.56 Å². The van der Waals surface area contributed by atoms with Crippen molar-refractivity contribution in [3.05, 3.63) is 59.2 Å². The van der Waals surface area contributed by atoms with E-state index in [4.69, 9.17) is 15.2 Å². The average Bonchev–Trinajstić information content (AvgIpc) is 2.46. The van der Waals surface area contributed by atoms with Gasteiger partial charge in [0.1, 0.15) is 18.2 Å². The Morgan fingerprint density at radius 1 is 1.05 bits per heavy atom. The van der Waals surface area contributed by atoms with Gasteiger partial charge in [0.15, 0.2) is 11.5 Å². The van der Waals surface area contributed by atoms with E-state index in [1.807, 2.05) is 0 Å². The number of nitrogens with two attached hydrogens (primary N) is 1. The quantitative estimate of drug-likeness (QED) is 0.915. The molecular weight excluding hydrogens is 264 g/mol. The van der Waals surface area contributed by atoms with Gasteiger partial charge in [-0.05, 0) is 29.8 Å². The Morgan fingerprint density at radius 2 is 1.75 bits per heavy atom. The second kappa shape index (κ2) is 6.34. The van der Waals surface area contributed by atoms with Crippen LogP contribution in [0.15, 0.2) is 36.4 Å². The van der Waals surface area contributed by atoms with Gasteiger partial charge in [0.25, 0.3) is 0 Å². The number of benzene rings is 2. The minimum Gasteiger partial charge on any atom is -0.493 e. The molecule has 2 aromatic rings. The Bertz CT molecular complexity index is 582. The van der Waals surface area contributed by atoms with Crippen LogP contribution in [0.5, 0.6) is 11.5 Å². The first-order valence-electron chi connectivity index (χ1n) is 6.08. The van der Waals surface area contributed by atoms with Crippen molar-refractivity contribution >= 4 is 0 Å². The van der Waals surface area contributed by atoms with Crippen molar-refractivity contribution in [3.63, 3.8) is 0 Å². The molecule has 0 aromatic heterocycles. The summed E-state index contributed by atoms with van der Waals surface area (Å²) in [5.41, 5.74) is 6.30. The van der Waals surface area contributed by atoms with Crippen molar-refractivity contribution in [2.45, 2.75) is 13.2 Å². The number of halogens is 2. The fraction of sp³-hybridized carbons (Fsp3) is 0.200. The smallest absolute Gasteiger partial charge is 0.161 e. The van der Waals surface area contributed by atoms with Crippen LogP contribution in [0, 0.1) is 11.6 Å². The van der Waals surface area contributed by atoms with Gasteiger partial charge in [-0.3, -0.25) is 0 Å². The summed E-state index contributed by atoms with van der Waals surface area (Å²) in [7, 11) is 1.49. The molecule has 106 valence electrons. The second-order valence-electron chi connectivity index (χ2n) is 4.18. The molecule has 0 atom stereocenters. The molecule has 0 saturated carbocycles. The van der Waals surface area contributed by atoms with E-state index < -0.39 is 11.6 Å². The predicted octanol–water partition coefficient (Wildman–Crippen LogP) is 3.01. The summed E-state index contributed by atoms with van der Waals surface area (Å²) in [5, 5.41) is 0. The van der Waals surface area contributed by atoms with Gasteiger partial charge < -0.3 is 15.2 Å². The number of ether oxygens (including phenoxy) is 2. The molecule has 5 heteroatoms. The minimum absolute atomic E-state index is 0.113. The van der Waals surface area contributed by atoms with Crippen LogP contribution in [0.1, 0.15) is 11.1 Å². The molecule has 0 saturated heterocycles. The highest BCUT2D eigenvalue weighted by atomic mass is 19.1. The summed E-state index contributed by atoms with van der Waals surface area (Å²) in [6, 6.07) is 8.86. The Morgan fingerprint density at radius 3 is 2.35 bits per heavy atom. The van der Waals surface area contributed by atoms with Crippen LogP contribution in [0.3, 0.4) is 0 Å². The topological polar surface area (TPSA) is 44.5 Å². The van der Waals surface area contributed by atoms with Crippen molar-refractivity contribution in [2.75, 3.05) is 7.11 Å². The van der Waals surface area contributed by atoms with Crippen LogP contribution >= 0.6 is 0 Å². The Kier molecular flexibility index (Phi) is 4.53. The van der Waals surface area contributed by atoms with Crippen molar-refractivity contribution < 1.29 is 18.3 Å². The zero-order valence-corrected chi connectivity index (χ0v) is 11.0. The molecule has 2 aromatic carbocycles. The Balaban J connectivity index is 2.19. The normalized spacial score (nSPS) is 10.4. The molecule has 0 spiro atoms. The fourth-order valence-corrected chi connectivity index (χ4v) is 1.78. The van der Waals surface area contributed by atoms with Gasteiger partial charge in [-0.15, -0.1) is 0 Å². The van der Waals surface area contributed by atoms with E-state index in [9.17, 15) is 8.78 Å². The molecule has 2 rings (SSSR count). The zero-order valence-electron chi connectivity index (χ0n) is 11.0. The molecule has 0 radical (unpaired) electrons. The molecule has 0 heterocycles. The zero-order chi connectivity index (χ0) is 14.5. The standard InChI is InChI=1S/C15H15F2NO2/c1-19-15-7-10(8-18)5-6-14(15)20-9-11-12(16)3-2-4-13(11)17/h2-7H,8-9,18H2,1H3. The van der Waals surface area contributed by atoms with Crippen molar-refractivity contribution in [1.29, 1.82) is 0 Å². The summed E-state index contributed by atoms with van der Waals surface area (Å²) in [6.07, 6.45) is 0. The monoisotopic (exact) mass is 279 g/mol. The lowest BCUT2D eigenvalue weighted by Crippen LogP contribution is -2.03. The van der Waals surface area contributed by atoms with E-state index in [1.54, 1.807) is 18.2 Å². The first-order chi connectivity index (χ1) is 9.65. The summed E-state index contributed by atoms with van der Waals surface area (Å²) in [5.74, 6) is -0.387. The molecule has 0 amide bonds.